The van der Waals surface area contributed by atoms with Crippen LogP contribution >= 0.6 is 0 Å². The van der Waals surface area contributed by atoms with Crippen LogP contribution in [-0.2, 0) is 9.53 Å². The van der Waals surface area contributed by atoms with Crippen LogP contribution in [0.4, 0.5) is 0 Å². The van der Waals surface area contributed by atoms with E-state index in [1.807, 2.05) is 6.07 Å². The summed E-state index contributed by atoms with van der Waals surface area (Å²) in [6.45, 7) is 2.26. The van der Waals surface area contributed by atoms with Gasteiger partial charge in [-0.2, -0.15) is 0 Å². The highest BCUT2D eigenvalue weighted by Crippen LogP contribution is 2.34. The first kappa shape index (κ1) is 12.9. The molecule has 2 rings (SSSR count). The Hall–Kier alpha value is -1.57. The first-order valence-electron chi connectivity index (χ1n) is 6.56. The van der Waals surface area contributed by atoms with Crippen molar-refractivity contribution in [2.45, 2.75) is 32.1 Å². The Labute approximate surface area is 109 Å². The molecule has 0 radical (unpaired) electrons. The summed E-state index contributed by atoms with van der Waals surface area (Å²) in [5.41, 5.74) is 2.11. The van der Waals surface area contributed by atoms with E-state index in [2.05, 4.69) is 37.3 Å². The Bertz CT molecular complexity index is 434. The van der Waals surface area contributed by atoms with Crippen LogP contribution in [0.5, 0.6) is 0 Å². The summed E-state index contributed by atoms with van der Waals surface area (Å²) in [6.07, 6.45) is 5.15. The molecule has 2 nitrogen and oxygen atoms in total. The van der Waals surface area contributed by atoms with E-state index in [1.165, 1.54) is 12.7 Å². The van der Waals surface area contributed by atoms with Gasteiger partial charge in [0.1, 0.15) is 0 Å². The second-order valence-electron chi connectivity index (χ2n) is 4.99. The molecule has 1 aliphatic rings. The summed E-state index contributed by atoms with van der Waals surface area (Å²) in [7, 11) is 1.45. The topological polar surface area (TPSA) is 26.3 Å². The predicted molar refractivity (Wildman–Crippen MR) is 72.3 cm³/mol. The molecule has 2 heteroatoms. The lowest BCUT2D eigenvalue weighted by Crippen LogP contribution is -2.08. The number of carbonyl (C=O) groups is 1. The SMILES string of the molecule is COC(=O)C1=C[C@H](c2ccccc2)[C@H](C)CCC1. The first-order chi connectivity index (χ1) is 8.72. The van der Waals surface area contributed by atoms with Crippen molar-refractivity contribution in [1.29, 1.82) is 0 Å². The van der Waals surface area contributed by atoms with E-state index >= 15 is 0 Å². The fourth-order valence-corrected chi connectivity index (χ4v) is 2.66. The molecule has 0 fully saturated rings. The maximum absolute atomic E-state index is 11.7. The van der Waals surface area contributed by atoms with Gasteiger partial charge < -0.3 is 4.74 Å². The van der Waals surface area contributed by atoms with E-state index in [9.17, 15) is 4.79 Å². The van der Waals surface area contributed by atoms with Gasteiger partial charge in [0.15, 0.2) is 0 Å². The first-order valence-corrected chi connectivity index (χ1v) is 6.56. The largest absolute Gasteiger partial charge is 0.466 e. The van der Waals surface area contributed by atoms with Crippen LogP contribution in [0.1, 0.15) is 37.7 Å². The van der Waals surface area contributed by atoms with Crippen molar-refractivity contribution in [3.8, 4) is 0 Å². The normalized spacial score (nSPS) is 24.0. The maximum Gasteiger partial charge on any atom is 0.333 e. The lowest BCUT2D eigenvalue weighted by molar-refractivity contribution is -0.136. The van der Waals surface area contributed by atoms with E-state index in [4.69, 9.17) is 4.74 Å². The molecule has 0 saturated heterocycles. The molecule has 0 N–H and O–H groups in total. The van der Waals surface area contributed by atoms with Crippen LogP contribution in [0.2, 0.25) is 0 Å². The fourth-order valence-electron chi connectivity index (χ4n) is 2.66. The monoisotopic (exact) mass is 244 g/mol. The predicted octanol–water partition coefficient (Wildman–Crippen LogP) is 3.69. The van der Waals surface area contributed by atoms with Crippen molar-refractivity contribution in [2.75, 3.05) is 7.11 Å². The fraction of sp³-hybridized carbons (Fsp3) is 0.438. The van der Waals surface area contributed by atoms with Crippen molar-refractivity contribution in [3.05, 3.63) is 47.5 Å². The minimum Gasteiger partial charge on any atom is -0.466 e. The Kier molecular flexibility index (Phi) is 4.19. The zero-order chi connectivity index (χ0) is 13.0. The van der Waals surface area contributed by atoms with E-state index < -0.39 is 0 Å². The van der Waals surface area contributed by atoms with Crippen molar-refractivity contribution in [2.24, 2.45) is 5.92 Å². The summed E-state index contributed by atoms with van der Waals surface area (Å²) in [6, 6.07) is 10.4. The molecule has 0 amide bonds. The Morgan fingerprint density at radius 3 is 2.67 bits per heavy atom. The zero-order valence-electron chi connectivity index (χ0n) is 11.1. The number of carbonyl (C=O) groups excluding carboxylic acids is 1. The van der Waals surface area contributed by atoms with Crippen LogP contribution in [0.3, 0.4) is 0 Å². The van der Waals surface area contributed by atoms with E-state index in [1.54, 1.807) is 0 Å². The third-order valence-electron chi connectivity index (χ3n) is 3.73. The number of esters is 1. The van der Waals surface area contributed by atoms with Crippen LogP contribution in [-0.4, -0.2) is 13.1 Å². The van der Waals surface area contributed by atoms with Gasteiger partial charge in [-0.3, -0.25) is 0 Å². The van der Waals surface area contributed by atoms with Gasteiger partial charge in [0.25, 0.3) is 0 Å². The lowest BCUT2D eigenvalue weighted by Gasteiger charge is -2.19. The number of rotatable bonds is 2. The highest BCUT2D eigenvalue weighted by molar-refractivity contribution is 5.88. The van der Waals surface area contributed by atoms with Gasteiger partial charge in [-0.25, -0.2) is 4.79 Å². The average molecular weight is 244 g/mol. The van der Waals surface area contributed by atoms with Gasteiger partial charge in [0.05, 0.1) is 7.11 Å². The van der Waals surface area contributed by atoms with Crippen LogP contribution in [0.15, 0.2) is 42.0 Å². The summed E-state index contributed by atoms with van der Waals surface area (Å²) < 4.78 is 4.86. The second kappa shape index (κ2) is 5.85. The number of methoxy groups -OCH3 is 1. The highest BCUT2D eigenvalue weighted by Gasteiger charge is 2.23. The number of hydrogen-bond donors (Lipinski definition) is 0. The average Bonchev–Trinajstić information content (AvgIpc) is 2.61. The second-order valence-corrected chi connectivity index (χ2v) is 4.99. The van der Waals surface area contributed by atoms with Gasteiger partial charge >= 0.3 is 5.97 Å². The summed E-state index contributed by atoms with van der Waals surface area (Å²) in [5, 5.41) is 0. The third kappa shape index (κ3) is 2.81. The van der Waals surface area contributed by atoms with Crippen molar-refractivity contribution >= 4 is 5.97 Å². The van der Waals surface area contributed by atoms with Crippen molar-refractivity contribution < 1.29 is 9.53 Å². The van der Waals surface area contributed by atoms with Gasteiger partial charge in [-0.05, 0) is 30.7 Å². The minimum atomic E-state index is -0.176. The van der Waals surface area contributed by atoms with E-state index in [0.717, 1.165) is 24.8 Å². The molecule has 0 heterocycles. The molecule has 18 heavy (non-hydrogen) atoms. The molecule has 0 aliphatic heterocycles. The standard InChI is InChI=1S/C16H20O2/c1-12-7-6-10-14(16(17)18-2)11-15(12)13-8-4-3-5-9-13/h3-5,8-9,11-12,15H,6-7,10H2,1-2H3/t12-,15+/m1/s1. The quantitative estimate of drug-likeness (QED) is 0.742. The molecular formula is C16H20O2. The van der Waals surface area contributed by atoms with Crippen LogP contribution in [0.25, 0.3) is 0 Å². The van der Waals surface area contributed by atoms with E-state index in [-0.39, 0.29) is 5.97 Å². The van der Waals surface area contributed by atoms with Gasteiger partial charge in [0.2, 0.25) is 0 Å². The number of benzene rings is 1. The van der Waals surface area contributed by atoms with Gasteiger partial charge in [-0.1, -0.05) is 43.3 Å². The molecule has 1 aromatic carbocycles. The Morgan fingerprint density at radius 2 is 2.00 bits per heavy atom. The highest BCUT2D eigenvalue weighted by atomic mass is 16.5. The van der Waals surface area contributed by atoms with Gasteiger partial charge in [-0.15, -0.1) is 0 Å². The summed E-state index contributed by atoms with van der Waals surface area (Å²) >= 11 is 0. The Balaban J connectivity index is 2.32. The lowest BCUT2D eigenvalue weighted by atomic mass is 9.85. The molecule has 1 aliphatic carbocycles. The molecule has 0 aromatic heterocycles. The smallest absolute Gasteiger partial charge is 0.333 e. The number of hydrogen-bond acceptors (Lipinski definition) is 2. The molecule has 0 unspecified atom stereocenters. The molecule has 0 spiro atoms. The number of allylic oxidation sites excluding steroid dienone is 1. The van der Waals surface area contributed by atoms with Crippen LogP contribution < -0.4 is 0 Å². The zero-order valence-corrected chi connectivity index (χ0v) is 11.1. The van der Waals surface area contributed by atoms with Gasteiger partial charge in [0, 0.05) is 11.5 Å². The van der Waals surface area contributed by atoms with Crippen molar-refractivity contribution in [1.82, 2.24) is 0 Å². The third-order valence-corrected chi connectivity index (χ3v) is 3.73. The van der Waals surface area contributed by atoms with Crippen molar-refractivity contribution in [3.63, 3.8) is 0 Å². The molecular weight excluding hydrogens is 224 g/mol. The Morgan fingerprint density at radius 1 is 1.28 bits per heavy atom. The molecule has 1 aromatic rings. The molecule has 2 atom stereocenters. The molecule has 96 valence electrons. The maximum atomic E-state index is 11.7. The van der Waals surface area contributed by atoms with Crippen LogP contribution in [0, 0.1) is 5.92 Å². The molecule has 0 saturated carbocycles. The number of ether oxygens (including phenoxy) is 1. The summed E-state index contributed by atoms with van der Waals surface area (Å²) in [4.78, 5) is 11.7. The summed E-state index contributed by atoms with van der Waals surface area (Å²) in [5.74, 6) is 0.711. The molecule has 0 bridgehead atoms. The van der Waals surface area contributed by atoms with E-state index in [0.29, 0.717) is 11.8 Å². The minimum absolute atomic E-state index is 0.176.